The third kappa shape index (κ3) is 10.7. The first-order chi connectivity index (χ1) is 22.9. The SMILES string of the molecule is COC(=O)C[C@H](NC(=O)[C@@H]1CCCN(C(=O)CCC2CCN(C(=O)O)CC2)C1)c1cccc(OCCOS(=O)(=O)c2ccc(C)cc2)c1. The molecule has 2 fully saturated rings. The minimum absolute atomic E-state index is 0.0141. The van der Waals surface area contributed by atoms with Crippen molar-refractivity contribution in [1.82, 2.24) is 15.1 Å². The first kappa shape index (κ1) is 36.7. The van der Waals surface area contributed by atoms with Crippen molar-refractivity contribution < 1.29 is 46.4 Å². The fraction of sp³-hybridized carbons (Fsp3) is 0.529. The maximum atomic E-state index is 13.5. The molecule has 0 saturated carbocycles. The maximum absolute atomic E-state index is 13.5. The molecular weight excluding hydrogens is 642 g/mol. The van der Waals surface area contributed by atoms with Crippen LogP contribution in [0.4, 0.5) is 4.79 Å². The van der Waals surface area contributed by atoms with Gasteiger partial charge in [0.25, 0.3) is 10.1 Å². The van der Waals surface area contributed by atoms with Crippen LogP contribution in [0, 0.1) is 18.8 Å². The van der Waals surface area contributed by atoms with Crippen LogP contribution in [0.15, 0.2) is 53.4 Å². The summed E-state index contributed by atoms with van der Waals surface area (Å²) in [6.45, 7) is 3.39. The third-order valence-corrected chi connectivity index (χ3v) is 10.2. The average molecular weight is 688 g/mol. The standard InChI is InChI=1S/C34H45N3O10S/c1-24-8-11-29(12-9-24)48(43,44)47-20-19-46-28-7-3-5-26(21-28)30(22-32(39)45-2)35-33(40)27-6-4-16-37(23-27)31(38)13-10-25-14-17-36(18-15-25)34(41)42/h3,5,7-9,11-12,21,25,27,30H,4,6,10,13-20,22-23H2,1-2H3,(H,35,40)(H,41,42)/t27-,30+/m1/s1. The zero-order valence-electron chi connectivity index (χ0n) is 27.5. The van der Waals surface area contributed by atoms with Crippen LogP contribution in [0.1, 0.15) is 62.1 Å². The number of likely N-dealkylation sites (tertiary alicyclic amines) is 2. The second-order valence-corrected chi connectivity index (χ2v) is 13.9. The van der Waals surface area contributed by atoms with Gasteiger partial charge in [0.1, 0.15) is 19.0 Å². The van der Waals surface area contributed by atoms with Crippen LogP contribution < -0.4 is 10.1 Å². The number of benzene rings is 2. The van der Waals surface area contributed by atoms with Gasteiger partial charge in [-0.3, -0.25) is 18.6 Å². The molecule has 13 nitrogen and oxygen atoms in total. The Morgan fingerprint density at radius 1 is 0.979 bits per heavy atom. The number of aryl methyl sites for hydroxylation is 1. The Bertz CT molecular complexity index is 1520. The monoisotopic (exact) mass is 687 g/mol. The predicted octanol–water partition coefficient (Wildman–Crippen LogP) is 3.91. The van der Waals surface area contributed by atoms with Gasteiger partial charge in [0.05, 0.1) is 30.4 Å². The normalized spacial score (nSPS) is 17.8. The molecule has 2 atom stereocenters. The minimum Gasteiger partial charge on any atom is -0.491 e. The summed E-state index contributed by atoms with van der Waals surface area (Å²) >= 11 is 0. The number of rotatable bonds is 14. The van der Waals surface area contributed by atoms with Crippen LogP contribution in [0.25, 0.3) is 0 Å². The molecule has 2 aromatic carbocycles. The molecule has 2 heterocycles. The lowest BCUT2D eigenvalue weighted by Gasteiger charge is -2.34. The van der Waals surface area contributed by atoms with Gasteiger partial charge in [-0.2, -0.15) is 8.42 Å². The summed E-state index contributed by atoms with van der Waals surface area (Å²) in [5, 5.41) is 12.1. The highest BCUT2D eigenvalue weighted by Gasteiger charge is 2.31. The Hall–Kier alpha value is -4.17. The van der Waals surface area contributed by atoms with E-state index in [9.17, 15) is 27.6 Å². The fourth-order valence-electron chi connectivity index (χ4n) is 6.01. The van der Waals surface area contributed by atoms with Crippen molar-refractivity contribution in [3.8, 4) is 5.75 Å². The van der Waals surface area contributed by atoms with Gasteiger partial charge in [-0.15, -0.1) is 0 Å². The van der Waals surface area contributed by atoms with E-state index in [0.717, 1.165) is 18.4 Å². The molecule has 14 heteroatoms. The average Bonchev–Trinajstić information content (AvgIpc) is 3.09. The lowest BCUT2D eigenvalue weighted by atomic mass is 9.91. The Kier molecular flexibility index (Phi) is 13.2. The van der Waals surface area contributed by atoms with E-state index < -0.39 is 34.1 Å². The Morgan fingerprint density at radius 3 is 2.40 bits per heavy atom. The van der Waals surface area contributed by atoms with Gasteiger partial charge in [-0.1, -0.05) is 29.8 Å². The van der Waals surface area contributed by atoms with Gasteiger partial charge in [0.15, 0.2) is 0 Å². The van der Waals surface area contributed by atoms with Crippen LogP contribution in [0.5, 0.6) is 5.75 Å². The molecule has 3 amide bonds. The highest BCUT2D eigenvalue weighted by atomic mass is 32.2. The zero-order valence-corrected chi connectivity index (χ0v) is 28.3. The molecule has 48 heavy (non-hydrogen) atoms. The van der Waals surface area contributed by atoms with E-state index in [1.54, 1.807) is 41.3 Å². The highest BCUT2D eigenvalue weighted by molar-refractivity contribution is 7.86. The Balaban J connectivity index is 1.30. The first-order valence-electron chi connectivity index (χ1n) is 16.3. The van der Waals surface area contributed by atoms with Crippen molar-refractivity contribution in [1.29, 1.82) is 0 Å². The molecule has 2 saturated heterocycles. The van der Waals surface area contributed by atoms with Gasteiger partial charge in [0.2, 0.25) is 11.8 Å². The molecule has 2 N–H and O–H groups in total. The predicted molar refractivity (Wildman–Crippen MR) is 175 cm³/mol. The van der Waals surface area contributed by atoms with Crippen LogP contribution in [-0.4, -0.2) is 93.7 Å². The maximum Gasteiger partial charge on any atom is 0.407 e. The molecule has 0 unspecified atom stereocenters. The van der Waals surface area contributed by atoms with E-state index in [-0.39, 0.29) is 42.9 Å². The van der Waals surface area contributed by atoms with E-state index in [0.29, 0.717) is 62.5 Å². The number of hydrogen-bond acceptors (Lipinski definition) is 9. The molecule has 2 aromatic rings. The minimum atomic E-state index is -3.94. The van der Waals surface area contributed by atoms with E-state index in [1.165, 1.54) is 24.1 Å². The summed E-state index contributed by atoms with van der Waals surface area (Å²) in [7, 11) is -2.67. The summed E-state index contributed by atoms with van der Waals surface area (Å²) in [6.07, 6.45) is 2.76. The number of hydrogen-bond donors (Lipinski definition) is 2. The lowest BCUT2D eigenvalue weighted by molar-refractivity contribution is -0.141. The van der Waals surface area contributed by atoms with E-state index in [2.05, 4.69) is 5.32 Å². The molecule has 262 valence electrons. The van der Waals surface area contributed by atoms with Crippen molar-refractivity contribution in [2.45, 2.75) is 62.8 Å². The number of ether oxygens (including phenoxy) is 2. The molecule has 0 bridgehead atoms. The van der Waals surface area contributed by atoms with Crippen molar-refractivity contribution in [2.24, 2.45) is 11.8 Å². The van der Waals surface area contributed by atoms with Crippen molar-refractivity contribution in [2.75, 3.05) is 46.5 Å². The van der Waals surface area contributed by atoms with Gasteiger partial charge >= 0.3 is 12.1 Å². The Labute approximate surface area is 281 Å². The molecule has 4 rings (SSSR count). The van der Waals surface area contributed by atoms with Crippen LogP contribution >= 0.6 is 0 Å². The number of methoxy groups -OCH3 is 1. The third-order valence-electron chi connectivity index (χ3n) is 8.87. The molecule has 2 aliphatic rings. The number of carbonyl (C=O) groups is 4. The second kappa shape index (κ2) is 17.3. The fourth-order valence-corrected chi connectivity index (χ4v) is 6.90. The molecule has 0 aliphatic carbocycles. The number of carboxylic acid groups (broad SMARTS) is 1. The zero-order chi connectivity index (χ0) is 34.7. The summed E-state index contributed by atoms with van der Waals surface area (Å²) in [6, 6.07) is 12.4. The van der Waals surface area contributed by atoms with Gasteiger partial charge in [-0.25, -0.2) is 4.79 Å². The van der Waals surface area contributed by atoms with E-state index in [4.69, 9.17) is 18.8 Å². The summed E-state index contributed by atoms with van der Waals surface area (Å²) in [4.78, 5) is 53.2. The summed E-state index contributed by atoms with van der Waals surface area (Å²) in [5.74, 6) is -0.560. The van der Waals surface area contributed by atoms with Crippen LogP contribution in [0.2, 0.25) is 0 Å². The second-order valence-electron chi connectivity index (χ2n) is 12.3. The van der Waals surface area contributed by atoms with Crippen molar-refractivity contribution >= 4 is 34.0 Å². The number of carbonyl (C=O) groups excluding carboxylic acids is 3. The molecular formula is C34H45N3O10S. The number of piperidine rings is 2. The topological polar surface area (TPSA) is 169 Å². The molecule has 0 radical (unpaired) electrons. The smallest absolute Gasteiger partial charge is 0.407 e. The van der Waals surface area contributed by atoms with Crippen molar-refractivity contribution in [3.05, 3.63) is 59.7 Å². The van der Waals surface area contributed by atoms with Crippen LogP contribution in [0.3, 0.4) is 0 Å². The summed E-state index contributed by atoms with van der Waals surface area (Å²) in [5.41, 5.74) is 1.52. The number of amides is 3. The quantitative estimate of drug-likeness (QED) is 0.169. The molecule has 0 aromatic heterocycles. The lowest BCUT2D eigenvalue weighted by Crippen LogP contribution is -2.46. The number of esters is 1. The largest absolute Gasteiger partial charge is 0.491 e. The van der Waals surface area contributed by atoms with Crippen molar-refractivity contribution in [3.63, 3.8) is 0 Å². The summed E-state index contributed by atoms with van der Waals surface area (Å²) < 4.78 is 40.6. The van der Waals surface area contributed by atoms with Crippen LogP contribution in [-0.2, 0) is 33.4 Å². The van der Waals surface area contributed by atoms with Gasteiger partial charge < -0.3 is 29.7 Å². The van der Waals surface area contributed by atoms with E-state index in [1.807, 2.05) is 6.92 Å². The van der Waals surface area contributed by atoms with E-state index >= 15 is 0 Å². The van der Waals surface area contributed by atoms with Gasteiger partial charge in [-0.05, 0) is 74.8 Å². The number of nitrogens with zero attached hydrogens (tertiary/aromatic N) is 2. The molecule has 2 aliphatic heterocycles. The number of nitrogens with one attached hydrogen (secondary N) is 1. The highest BCUT2D eigenvalue weighted by Crippen LogP contribution is 2.26. The molecule has 0 spiro atoms. The van der Waals surface area contributed by atoms with Gasteiger partial charge in [0, 0.05) is 32.6 Å². The Morgan fingerprint density at radius 2 is 1.71 bits per heavy atom. The first-order valence-corrected chi connectivity index (χ1v) is 17.7.